The highest BCUT2D eigenvalue weighted by Crippen LogP contribution is 2.29. The van der Waals surface area contributed by atoms with E-state index in [-0.39, 0.29) is 0 Å². The summed E-state index contributed by atoms with van der Waals surface area (Å²) >= 11 is 0. The standard InChI is InChI=1S/C19H30N6/c1-3-24-8-10-25(11-9-24)16-6-4-15(5-7-16)23-19-17-14(2)12-20-18(17)21-13-22-19/h12-13,15-16H,3-11H2,1-2H3,(H2,20,21,22,23)/t15-,16-. The lowest BCUT2D eigenvalue weighted by Crippen LogP contribution is -2.51. The van der Waals surface area contributed by atoms with Gasteiger partial charge in [-0.05, 0) is 44.7 Å². The number of fused-ring (bicyclic) bond motifs is 1. The number of aromatic amines is 1. The molecule has 0 aromatic carbocycles. The van der Waals surface area contributed by atoms with Crippen molar-refractivity contribution in [2.24, 2.45) is 0 Å². The molecular formula is C19H30N6. The SMILES string of the molecule is CCN1CCN([C@H]2CC[C@H](Nc3ncnc4[nH]cc(C)c34)CC2)CC1. The van der Waals surface area contributed by atoms with E-state index < -0.39 is 0 Å². The van der Waals surface area contributed by atoms with Gasteiger partial charge in [0.1, 0.15) is 17.8 Å². The molecule has 4 rings (SSSR count). The molecule has 0 atom stereocenters. The van der Waals surface area contributed by atoms with E-state index in [0.29, 0.717) is 6.04 Å². The molecule has 1 saturated heterocycles. The third kappa shape index (κ3) is 3.51. The number of hydrogen-bond acceptors (Lipinski definition) is 5. The average molecular weight is 342 g/mol. The van der Waals surface area contributed by atoms with Gasteiger partial charge in [0.2, 0.25) is 0 Å². The van der Waals surface area contributed by atoms with E-state index in [1.165, 1.54) is 64.0 Å². The molecule has 0 radical (unpaired) electrons. The maximum absolute atomic E-state index is 4.50. The topological polar surface area (TPSA) is 60.1 Å². The van der Waals surface area contributed by atoms with Gasteiger partial charge < -0.3 is 15.2 Å². The van der Waals surface area contributed by atoms with Crippen molar-refractivity contribution in [3.8, 4) is 0 Å². The fourth-order valence-corrected chi connectivity index (χ4v) is 4.45. The molecule has 1 aliphatic heterocycles. The van der Waals surface area contributed by atoms with Crippen molar-refractivity contribution in [1.29, 1.82) is 0 Å². The van der Waals surface area contributed by atoms with Crippen LogP contribution < -0.4 is 5.32 Å². The lowest BCUT2D eigenvalue weighted by atomic mass is 9.89. The molecule has 2 aliphatic rings. The van der Waals surface area contributed by atoms with Crippen molar-refractivity contribution in [1.82, 2.24) is 24.8 Å². The smallest absolute Gasteiger partial charge is 0.143 e. The van der Waals surface area contributed by atoms with Gasteiger partial charge in [-0.3, -0.25) is 4.90 Å². The third-order valence-corrected chi connectivity index (χ3v) is 6.08. The Labute approximate surface area is 150 Å². The van der Waals surface area contributed by atoms with E-state index in [1.54, 1.807) is 6.33 Å². The first-order valence-electron chi connectivity index (χ1n) is 9.76. The molecule has 2 aromatic rings. The van der Waals surface area contributed by atoms with Gasteiger partial charge in [0, 0.05) is 44.5 Å². The molecule has 0 unspecified atom stereocenters. The summed E-state index contributed by atoms with van der Waals surface area (Å²) in [5.41, 5.74) is 2.14. The van der Waals surface area contributed by atoms with E-state index in [4.69, 9.17) is 0 Å². The summed E-state index contributed by atoms with van der Waals surface area (Å²) in [6, 6.07) is 1.30. The molecule has 6 heteroatoms. The first-order valence-corrected chi connectivity index (χ1v) is 9.76. The lowest BCUT2D eigenvalue weighted by Gasteiger charge is -2.42. The number of aryl methyl sites for hydroxylation is 1. The number of aromatic nitrogens is 3. The number of likely N-dealkylation sites (N-methyl/N-ethyl adjacent to an activating group) is 1. The summed E-state index contributed by atoms with van der Waals surface area (Å²) in [6.07, 6.45) is 8.71. The molecular weight excluding hydrogens is 312 g/mol. The molecule has 2 N–H and O–H groups in total. The van der Waals surface area contributed by atoms with Crippen molar-refractivity contribution in [3.05, 3.63) is 18.1 Å². The Morgan fingerprint density at radius 3 is 2.60 bits per heavy atom. The lowest BCUT2D eigenvalue weighted by molar-refractivity contribution is 0.0800. The minimum atomic E-state index is 0.528. The highest BCUT2D eigenvalue weighted by molar-refractivity contribution is 5.90. The summed E-state index contributed by atoms with van der Waals surface area (Å²) in [5, 5.41) is 4.83. The fraction of sp³-hybridized carbons (Fsp3) is 0.684. The summed E-state index contributed by atoms with van der Waals surface area (Å²) < 4.78 is 0. The van der Waals surface area contributed by atoms with Crippen LogP contribution in [0.15, 0.2) is 12.5 Å². The zero-order valence-electron chi connectivity index (χ0n) is 15.5. The normalized spacial score (nSPS) is 26.2. The van der Waals surface area contributed by atoms with Crippen molar-refractivity contribution in [2.45, 2.75) is 51.6 Å². The highest BCUT2D eigenvalue weighted by atomic mass is 15.3. The second-order valence-electron chi connectivity index (χ2n) is 7.54. The summed E-state index contributed by atoms with van der Waals surface area (Å²) in [7, 11) is 0. The van der Waals surface area contributed by atoms with Crippen LogP contribution in [-0.4, -0.2) is 69.6 Å². The van der Waals surface area contributed by atoms with Crippen LogP contribution in [0.1, 0.15) is 38.2 Å². The summed E-state index contributed by atoms with van der Waals surface area (Å²) in [4.78, 5) is 17.3. The van der Waals surface area contributed by atoms with Crippen LogP contribution >= 0.6 is 0 Å². The molecule has 136 valence electrons. The van der Waals surface area contributed by atoms with Gasteiger partial charge in [-0.2, -0.15) is 0 Å². The van der Waals surface area contributed by atoms with Gasteiger partial charge in [-0.1, -0.05) is 6.92 Å². The number of H-pyrrole nitrogens is 1. The molecule has 0 bridgehead atoms. The molecule has 1 aliphatic carbocycles. The molecule has 0 amide bonds. The maximum Gasteiger partial charge on any atom is 0.143 e. The number of hydrogen-bond donors (Lipinski definition) is 2. The zero-order valence-corrected chi connectivity index (χ0v) is 15.5. The fourth-order valence-electron chi connectivity index (χ4n) is 4.45. The predicted molar refractivity (Wildman–Crippen MR) is 102 cm³/mol. The van der Waals surface area contributed by atoms with Gasteiger partial charge in [-0.15, -0.1) is 0 Å². The van der Waals surface area contributed by atoms with E-state index >= 15 is 0 Å². The molecule has 3 heterocycles. The summed E-state index contributed by atoms with van der Waals surface area (Å²) in [5.74, 6) is 0.990. The van der Waals surface area contributed by atoms with Crippen LogP contribution in [-0.2, 0) is 0 Å². The molecule has 0 spiro atoms. The minimum absolute atomic E-state index is 0.528. The van der Waals surface area contributed by atoms with Crippen molar-refractivity contribution in [3.63, 3.8) is 0 Å². The number of piperazine rings is 1. The van der Waals surface area contributed by atoms with E-state index in [9.17, 15) is 0 Å². The Kier molecular flexibility index (Phi) is 4.90. The number of nitrogens with one attached hydrogen (secondary N) is 2. The number of anilines is 1. The average Bonchev–Trinajstić information content (AvgIpc) is 3.05. The van der Waals surface area contributed by atoms with Gasteiger partial charge in [0.15, 0.2) is 0 Å². The van der Waals surface area contributed by atoms with Gasteiger partial charge in [0.25, 0.3) is 0 Å². The number of nitrogens with zero attached hydrogens (tertiary/aromatic N) is 4. The maximum atomic E-state index is 4.50. The first kappa shape index (κ1) is 16.8. The third-order valence-electron chi connectivity index (χ3n) is 6.08. The Hall–Kier alpha value is -1.66. The van der Waals surface area contributed by atoms with Crippen LogP contribution in [0.4, 0.5) is 5.82 Å². The summed E-state index contributed by atoms with van der Waals surface area (Å²) in [6.45, 7) is 10.5. The van der Waals surface area contributed by atoms with E-state index in [1.807, 2.05) is 6.20 Å². The second-order valence-corrected chi connectivity index (χ2v) is 7.54. The van der Waals surface area contributed by atoms with Crippen LogP contribution in [0.3, 0.4) is 0 Å². The number of rotatable bonds is 4. The van der Waals surface area contributed by atoms with Crippen molar-refractivity contribution in [2.75, 3.05) is 38.0 Å². The Balaban J connectivity index is 1.34. The van der Waals surface area contributed by atoms with E-state index in [2.05, 4.69) is 43.9 Å². The molecule has 6 nitrogen and oxygen atoms in total. The largest absolute Gasteiger partial charge is 0.367 e. The minimum Gasteiger partial charge on any atom is -0.367 e. The molecule has 2 fully saturated rings. The van der Waals surface area contributed by atoms with Crippen LogP contribution in [0.25, 0.3) is 11.0 Å². The quantitative estimate of drug-likeness (QED) is 0.894. The van der Waals surface area contributed by atoms with Crippen LogP contribution in [0.2, 0.25) is 0 Å². The van der Waals surface area contributed by atoms with Crippen molar-refractivity contribution < 1.29 is 0 Å². The first-order chi connectivity index (χ1) is 12.2. The van der Waals surface area contributed by atoms with Crippen LogP contribution in [0.5, 0.6) is 0 Å². The molecule has 2 aromatic heterocycles. The predicted octanol–water partition coefficient (Wildman–Crippen LogP) is 2.63. The zero-order chi connectivity index (χ0) is 17.2. The Bertz CT molecular complexity index is 695. The van der Waals surface area contributed by atoms with Gasteiger partial charge in [0.05, 0.1) is 5.39 Å². The van der Waals surface area contributed by atoms with Gasteiger partial charge in [-0.25, -0.2) is 9.97 Å². The highest BCUT2D eigenvalue weighted by Gasteiger charge is 2.28. The van der Waals surface area contributed by atoms with Crippen molar-refractivity contribution >= 4 is 16.9 Å². The van der Waals surface area contributed by atoms with Gasteiger partial charge >= 0.3 is 0 Å². The van der Waals surface area contributed by atoms with E-state index in [0.717, 1.165) is 22.9 Å². The Morgan fingerprint density at radius 2 is 1.88 bits per heavy atom. The molecule has 1 saturated carbocycles. The molecule has 25 heavy (non-hydrogen) atoms. The Morgan fingerprint density at radius 1 is 1.12 bits per heavy atom. The van der Waals surface area contributed by atoms with Crippen LogP contribution in [0, 0.1) is 6.92 Å². The second kappa shape index (κ2) is 7.30. The monoisotopic (exact) mass is 342 g/mol.